The number of amides is 1. The number of carbonyl (C=O) groups excluding carboxylic acids is 1. The minimum atomic E-state index is -0.273. The summed E-state index contributed by atoms with van der Waals surface area (Å²) in [6, 6.07) is 9.35. The van der Waals surface area contributed by atoms with E-state index in [0.29, 0.717) is 36.0 Å². The van der Waals surface area contributed by atoms with Gasteiger partial charge in [-0.3, -0.25) is 9.69 Å². The number of hydrogen-bond donors (Lipinski definition) is 2. The molecule has 3 N–H and O–H groups in total. The average molecular weight is 403 g/mol. The number of nitriles is 1. The summed E-state index contributed by atoms with van der Waals surface area (Å²) in [7, 11) is 0. The van der Waals surface area contributed by atoms with Crippen molar-refractivity contribution >= 4 is 34.4 Å². The van der Waals surface area contributed by atoms with Crippen molar-refractivity contribution in [3.63, 3.8) is 0 Å². The van der Waals surface area contributed by atoms with Gasteiger partial charge in [0.15, 0.2) is 0 Å². The number of primary amides is 1. The van der Waals surface area contributed by atoms with Crippen molar-refractivity contribution < 1.29 is 9.90 Å². The normalized spacial score (nSPS) is 16.6. The minimum Gasteiger partial charge on any atom is -0.509 e. The van der Waals surface area contributed by atoms with Gasteiger partial charge in [0, 0.05) is 21.9 Å². The van der Waals surface area contributed by atoms with Crippen molar-refractivity contribution in [1.29, 1.82) is 5.26 Å². The van der Waals surface area contributed by atoms with Crippen molar-refractivity contribution in [2.45, 2.75) is 12.8 Å². The molecule has 3 rings (SSSR count). The molecule has 0 radical (unpaired) electrons. The Morgan fingerprint density at radius 3 is 2.63 bits per heavy atom. The number of likely N-dealkylation sites (tertiary alicyclic amines) is 1. The Bertz CT molecular complexity index is 893. The summed E-state index contributed by atoms with van der Waals surface area (Å²) in [5.74, 6) is -0.389. The monoisotopic (exact) mass is 402 g/mol. The molecule has 1 aliphatic heterocycles. The lowest BCUT2D eigenvalue weighted by atomic mass is 9.96. The van der Waals surface area contributed by atoms with Gasteiger partial charge in [0.2, 0.25) is 5.91 Å². The lowest BCUT2D eigenvalue weighted by Crippen LogP contribution is -2.39. The van der Waals surface area contributed by atoms with Crippen molar-refractivity contribution in [3.8, 4) is 17.3 Å². The molecule has 1 fully saturated rings. The van der Waals surface area contributed by atoms with E-state index >= 15 is 0 Å². The van der Waals surface area contributed by atoms with Crippen LogP contribution in [0.1, 0.15) is 17.8 Å². The van der Waals surface area contributed by atoms with E-state index in [2.05, 4.69) is 11.1 Å². The largest absolute Gasteiger partial charge is 0.509 e. The third-order valence-electron chi connectivity index (χ3n) is 4.62. The number of allylic oxidation sites excluding steroid dienone is 1. The topological polar surface area (TPSA) is 103 Å². The van der Waals surface area contributed by atoms with Crippen LogP contribution >= 0.6 is 22.9 Å². The van der Waals surface area contributed by atoms with Crippen LogP contribution in [0.5, 0.6) is 0 Å². The van der Waals surface area contributed by atoms with Gasteiger partial charge in [0.25, 0.3) is 0 Å². The van der Waals surface area contributed by atoms with Crippen LogP contribution in [0.3, 0.4) is 0 Å². The van der Waals surface area contributed by atoms with Crippen LogP contribution in [-0.2, 0) is 4.79 Å². The first-order chi connectivity index (χ1) is 13.0. The van der Waals surface area contributed by atoms with Gasteiger partial charge >= 0.3 is 0 Å². The molecule has 0 aliphatic carbocycles. The number of carbonyl (C=O) groups is 1. The zero-order valence-electron chi connectivity index (χ0n) is 14.6. The number of piperidine rings is 1. The van der Waals surface area contributed by atoms with Gasteiger partial charge in [0.1, 0.15) is 22.4 Å². The van der Waals surface area contributed by atoms with Crippen LogP contribution in [0.25, 0.3) is 16.8 Å². The molecule has 1 amide bonds. The molecule has 140 valence electrons. The highest BCUT2D eigenvalue weighted by atomic mass is 35.5. The van der Waals surface area contributed by atoms with E-state index < -0.39 is 0 Å². The van der Waals surface area contributed by atoms with E-state index in [-0.39, 0.29) is 29.7 Å². The Morgan fingerprint density at radius 2 is 2.04 bits per heavy atom. The van der Waals surface area contributed by atoms with Gasteiger partial charge in [-0.15, -0.1) is 11.3 Å². The van der Waals surface area contributed by atoms with Crippen LogP contribution in [-0.4, -0.2) is 40.5 Å². The number of rotatable bonds is 5. The van der Waals surface area contributed by atoms with Gasteiger partial charge in [0.05, 0.1) is 12.2 Å². The Labute approximate surface area is 166 Å². The highest BCUT2D eigenvalue weighted by molar-refractivity contribution is 7.11. The second-order valence-corrected chi connectivity index (χ2v) is 7.73. The quantitative estimate of drug-likeness (QED) is 0.588. The van der Waals surface area contributed by atoms with Crippen LogP contribution in [0.4, 0.5) is 0 Å². The zero-order valence-corrected chi connectivity index (χ0v) is 16.1. The maximum Gasteiger partial charge on any atom is 0.220 e. The van der Waals surface area contributed by atoms with Gasteiger partial charge in [-0.1, -0.05) is 23.7 Å². The first-order valence-corrected chi connectivity index (χ1v) is 9.79. The molecule has 1 aromatic heterocycles. The SMILES string of the molecule is N#CC(=C(O)CN1CCC(C(N)=O)CC1)c1nc(-c2ccc(Cl)cc2)cs1. The molecule has 8 heteroatoms. The number of aliphatic hydroxyl groups excluding tert-OH is 1. The molecule has 0 unspecified atom stereocenters. The molecule has 1 aliphatic rings. The summed E-state index contributed by atoms with van der Waals surface area (Å²) in [5.41, 5.74) is 7.15. The number of nitrogens with zero attached hydrogens (tertiary/aromatic N) is 3. The number of aliphatic hydroxyl groups is 1. The Balaban J connectivity index is 1.73. The molecule has 0 atom stereocenters. The Hall–Kier alpha value is -2.40. The summed E-state index contributed by atoms with van der Waals surface area (Å²) >= 11 is 7.22. The first kappa shape index (κ1) is 19.4. The molecule has 0 spiro atoms. The molecule has 0 saturated carbocycles. The number of nitrogens with two attached hydrogens (primary N) is 1. The molecule has 6 nitrogen and oxygen atoms in total. The molecular weight excluding hydrogens is 384 g/mol. The highest BCUT2D eigenvalue weighted by Crippen LogP contribution is 2.28. The summed E-state index contributed by atoms with van der Waals surface area (Å²) in [5, 5.41) is 23.0. The summed E-state index contributed by atoms with van der Waals surface area (Å²) in [6.45, 7) is 1.57. The average Bonchev–Trinajstić information content (AvgIpc) is 3.13. The standard InChI is InChI=1S/C19H19ClN4O2S/c20-14-3-1-12(2-4-14)16-11-27-19(23-16)15(9-21)17(25)10-24-7-5-13(6-8-24)18(22)26/h1-4,11,13,25H,5-8,10H2,(H2,22,26). The van der Waals surface area contributed by atoms with Crippen molar-refractivity contribution in [3.05, 3.63) is 45.4 Å². The first-order valence-electron chi connectivity index (χ1n) is 8.53. The second-order valence-electron chi connectivity index (χ2n) is 6.43. The van der Waals surface area contributed by atoms with Crippen LogP contribution in [0.2, 0.25) is 5.02 Å². The van der Waals surface area contributed by atoms with Crippen LogP contribution < -0.4 is 5.73 Å². The summed E-state index contributed by atoms with van der Waals surface area (Å²) in [4.78, 5) is 17.7. The molecule has 2 aromatic rings. The van der Waals surface area contributed by atoms with E-state index in [4.69, 9.17) is 17.3 Å². The van der Waals surface area contributed by atoms with Crippen LogP contribution in [0.15, 0.2) is 35.4 Å². The van der Waals surface area contributed by atoms with E-state index in [9.17, 15) is 15.2 Å². The van der Waals surface area contributed by atoms with E-state index in [1.807, 2.05) is 22.4 Å². The molecule has 1 aromatic carbocycles. The Morgan fingerprint density at radius 1 is 1.37 bits per heavy atom. The maximum absolute atomic E-state index is 11.2. The second kappa shape index (κ2) is 8.53. The van der Waals surface area contributed by atoms with Gasteiger partial charge in [-0.25, -0.2) is 4.98 Å². The van der Waals surface area contributed by atoms with Gasteiger partial charge in [-0.2, -0.15) is 5.26 Å². The molecule has 1 saturated heterocycles. The third kappa shape index (κ3) is 4.66. The smallest absolute Gasteiger partial charge is 0.220 e. The van der Waals surface area contributed by atoms with Crippen molar-refractivity contribution in [2.75, 3.05) is 19.6 Å². The predicted molar refractivity (Wildman–Crippen MR) is 106 cm³/mol. The number of benzene rings is 1. The zero-order chi connectivity index (χ0) is 19.4. The lowest BCUT2D eigenvalue weighted by molar-refractivity contribution is -0.123. The number of hydrogen-bond acceptors (Lipinski definition) is 6. The predicted octanol–water partition coefficient (Wildman–Crippen LogP) is 3.45. The van der Waals surface area contributed by atoms with Crippen LogP contribution in [0, 0.1) is 17.2 Å². The molecule has 0 bridgehead atoms. The molecule has 2 heterocycles. The van der Waals surface area contributed by atoms with Gasteiger partial charge < -0.3 is 10.8 Å². The van der Waals surface area contributed by atoms with Crippen molar-refractivity contribution in [2.24, 2.45) is 11.7 Å². The minimum absolute atomic E-state index is 0.00738. The van der Waals surface area contributed by atoms with Gasteiger partial charge in [-0.05, 0) is 38.1 Å². The molecular formula is C19H19ClN4O2S. The number of halogens is 1. The van der Waals surface area contributed by atoms with E-state index in [0.717, 1.165) is 11.3 Å². The van der Waals surface area contributed by atoms with E-state index in [1.54, 1.807) is 12.1 Å². The number of aromatic nitrogens is 1. The van der Waals surface area contributed by atoms with Crippen molar-refractivity contribution in [1.82, 2.24) is 9.88 Å². The number of thiazole rings is 1. The fourth-order valence-electron chi connectivity index (χ4n) is 3.04. The highest BCUT2D eigenvalue weighted by Gasteiger charge is 2.24. The van der Waals surface area contributed by atoms with E-state index in [1.165, 1.54) is 11.3 Å². The third-order valence-corrected chi connectivity index (χ3v) is 5.73. The fraction of sp³-hybridized carbons (Fsp3) is 0.316. The lowest BCUT2D eigenvalue weighted by Gasteiger charge is -2.30. The summed E-state index contributed by atoms with van der Waals surface area (Å²) in [6.07, 6.45) is 1.34. The maximum atomic E-state index is 11.2. The fourth-order valence-corrected chi connectivity index (χ4v) is 4.01. The summed E-state index contributed by atoms with van der Waals surface area (Å²) < 4.78 is 0. The molecule has 27 heavy (non-hydrogen) atoms. The Kier molecular flexibility index (Phi) is 6.11.